The van der Waals surface area contributed by atoms with Crippen molar-refractivity contribution in [2.24, 2.45) is 0 Å². The second-order valence-corrected chi connectivity index (χ2v) is 17.9. The van der Waals surface area contributed by atoms with Crippen LogP contribution in [0.15, 0.2) is 140 Å². The Kier molecular flexibility index (Phi) is 10.4. The maximum atomic E-state index is 7.20. The van der Waals surface area contributed by atoms with Crippen LogP contribution in [0, 0.1) is 60.3 Å². The van der Waals surface area contributed by atoms with E-state index in [0.717, 1.165) is 84.0 Å². The zero-order chi connectivity index (χ0) is 44.0. The smallest absolute Gasteiger partial charge is 0.126 e. The van der Waals surface area contributed by atoms with Crippen LogP contribution in [-0.2, 0) is 26.6 Å². The van der Waals surface area contributed by atoms with Crippen LogP contribution in [0.2, 0.25) is 0 Å². The number of benzene rings is 6. The van der Waals surface area contributed by atoms with E-state index in [1.54, 1.807) is 0 Å². The summed E-state index contributed by atoms with van der Waals surface area (Å²) in [6, 6.07) is 53.0. The van der Waals surface area contributed by atoms with E-state index in [1.807, 2.05) is 0 Å². The number of aryl methyl sites for hydroxylation is 6. The molecule has 6 aromatic carbocycles. The third kappa shape index (κ3) is 7.07. The van der Waals surface area contributed by atoms with E-state index in [4.69, 9.17) is 14.7 Å². The van der Waals surface area contributed by atoms with Gasteiger partial charge in [0.2, 0.25) is 0 Å². The number of ether oxygens (including phenoxy) is 1. The molecule has 0 saturated carbocycles. The molecule has 324 valence electrons. The number of fused-ring (bicyclic) bond motifs is 14. The third-order valence-electron chi connectivity index (χ3n) is 13.4. The first-order valence-corrected chi connectivity index (χ1v) is 22.0. The van der Waals surface area contributed by atoms with Crippen molar-refractivity contribution in [2.75, 3.05) is 4.90 Å². The molecule has 0 amide bonds. The molecule has 6 nitrogen and oxygen atoms in total. The van der Waals surface area contributed by atoms with Crippen LogP contribution >= 0.6 is 0 Å². The van der Waals surface area contributed by atoms with Crippen LogP contribution < -0.4 is 9.64 Å². The molecule has 5 heterocycles. The first kappa shape index (κ1) is 42.2. The molecule has 3 aromatic heterocycles. The Labute approximate surface area is 396 Å². The summed E-state index contributed by atoms with van der Waals surface area (Å²) in [5, 5.41) is 1.87. The summed E-state index contributed by atoms with van der Waals surface area (Å²) in [5.74, 6) is 1.17. The summed E-state index contributed by atoms with van der Waals surface area (Å²) < 4.78 is 9.37. The van der Waals surface area contributed by atoms with Gasteiger partial charge in [0.05, 0.1) is 11.4 Å². The first-order chi connectivity index (χ1) is 30.9. The molecule has 11 rings (SSSR count). The number of pyridine rings is 2. The fourth-order valence-corrected chi connectivity index (χ4v) is 9.74. The number of nitrogens with zero attached hydrogens (tertiary/aromatic N) is 5. The molecule has 2 aliphatic heterocycles. The summed E-state index contributed by atoms with van der Waals surface area (Å²) in [5.41, 5.74) is 19.4. The van der Waals surface area contributed by atoms with Crippen molar-refractivity contribution in [3.8, 4) is 56.1 Å². The van der Waals surface area contributed by atoms with E-state index in [0.29, 0.717) is 11.5 Å². The largest absolute Gasteiger partial charge is 0.502 e. The molecule has 2 aliphatic rings. The number of anilines is 1. The molecule has 8 bridgehead atoms. The van der Waals surface area contributed by atoms with Crippen molar-refractivity contribution in [3.05, 3.63) is 203 Å². The second kappa shape index (κ2) is 16.0. The van der Waals surface area contributed by atoms with Gasteiger partial charge in [-0.2, -0.15) is 6.67 Å². The summed E-state index contributed by atoms with van der Waals surface area (Å²) in [4.78, 5) is 15.3. The fourth-order valence-electron chi connectivity index (χ4n) is 9.74. The van der Waals surface area contributed by atoms with E-state index in [2.05, 4.69) is 228 Å². The maximum absolute atomic E-state index is 7.20. The van der Waals surface area contributed by atoms with Crippen molar-refractivity contribution in [1.29, 1.82) is 0 Å². The molecule has 0 fully saturated rings. The molecular formula is C58H48N5OPt-3. The minimum absolute atomic E-state index is 0. The summed E-state index contributed by atoms with van der Waals surface area (Å²) in [6.07, 6.45) is 4.36. The van der Waals surface area contributed by atoms with Gasteiger partial charge in [-0.15, -0.1) is 41.1 Å². The molecule has 0 aliphatic carbocycles. The van der Waals surface area contributed by atoms with Gasteiger partial charge in [-0.3, -0.25) is 4.98 Å². The molecule has 7 heteroatoms. The standard InChI is InChI=1S/C58H48N5O.Pt/c1-35-16-14-17-36(2)55(35)43-26-45-32-46(27-43)64-53-30-42(28-50-49(53)24-25-62-40(6)39(5)59-57(50)62)51-29-44(56-37(3)18-15-19-38(56)4)31-54(60-51)58(7,8)61-33-52(63(45)34-61)48-23-13-12-22-47(48)41-20-10-9-11-21-41;/h9-29,31,33-34H,1-8H3;/q-3;. The molecule has 0 spiro atoms. The van der Waals surface area contributed by atoms with Gasteiger partial charge in [-0.05, 0) is 123 Å². The van der Waals surface area contributed by atoms with Crippen LogP contribution in [0.3, 0.4) is 0 Å². The Bertz CT molecular complexity index is 3360. The third-order valence-corrected chi connectivity index (χ3v) is 13.4. The van der Waals surface area contributed by atoms with Crippen molar-refractivity contribution in [3.63, 3.8) is 0 Å². The van der Waals surface area contributed by atoms with Gasteiger partial charge in [0.1, 0.15) is 5.65 Å². The molecule has 0 saturated heterocycles. The molecule has 0 atom stereocenters. The quantitative estimate of drug-likeness (QED) is 0.164. The van der Waals surface area contributed by atoms with Crippen molar-refractivity contribution >= 4 is 27.8 Å². The normalized spacial score (nSPS) is 13.9. The number of hydrogen-bond acceptors (Lipinski definition) is 5. The van der Waals surface area contributed by atoms with Gasteiger partial charge in [0.15, 0.2) is 0 Å². The molecule has 65 heavy (non-hydrogen) atoms. The van der Waals surface area contributed by atoms with Crippen molar-refractivity contribution < 1.29 is 25.8 Å². The van der Waals surface area contributed by atoms with Crippen molar-refractivity contribution in [2.45, 2.75) is 60.9 Å². The van der Waals surface area contributed by atoms with Crippen molar-refractivity contribution in [1.82, 2.24) is 19.3 Å². The molecule has 0 radical (unpaired) electrons. The van der Waals surface area contributed by atoms with Gasteiger partial charge >= 0.3 is 0 Å². The Morgan fingerprint density at radius 3 is 1.95 bits per heavy atom. The van der Waals surface area contributed by atoms with Crippen LogP contribution in [0.1, 0.15) is 58.7 Å². The number of hydrogen-bond donors (Lipinski definition) is 0. The second-order valence-electron chi connectivity index (χ2n) is 17.9. The summed E-state index contributed by atoms with van der Waals surface area (Å²) >= 11 is 0. The number of aromatic nitrogens is 3. The van der Waals surface area contributed by atoms with Gasteiger partial charge in [-0.25, -0.2) is 4.98 Å². The average Bonchev–Trinajstić information content (AvgIpc) is 3.87. The predicted octanol–water partition coefficient (Wildman–Crippen LogP) is 14.3. The van der Waals surface area contributed by atoms with Gasteiger partial charge < -0.3 is 18.9 Å². The van der Waals surface area contributed by atoms with Crippen LogP contribution in [0.5, 0.6) is 11.5 Å². The predicted molar refractivity (Wildman–Crippen MR) is 261 cm³/mol. The van der Waals surface area contributed by atoms with Gasteiger partial charge in [0, 0.05) is 61.3 Å². The summed E-state index contributed by atoms with van der Waals surface area (Å²) in [6.45, 7) is 19.6. The molecule has 0 N–H and O–H groups in total. The van der Waals surface area contributed by atoms with E-state index in [1.165, 1.54) is 33.4 Å². The van der Waals surface area contributed by atoms with E-state index >= 15 is 0 Å². The van der Waals surface area contributed by atoms with E-state index in [9.17, 15) is 0 Å². The zero-order valence-corrected chi connectivity index (χ0v) is 40.1. The fraction of sp³-hybridized carbons (Fsp3) is 0.155. The Balaban J connectivity index is 0.00000498. The minimum atomic E-state index is -0.638. The number of rotatable bonds is 4. The Morgan fingerprint density at radius 2 is 1.26 bits per heavy atom. The van der Waals surface area contributed by atoms with Gasteiger partial charge in [-0.1, -0.05) is 120 Å². The summed E-state index contributed by atoms with van der Waals surface area (Å²) in [7, 11) is 0. The molecule has 0 unspecified atom stereocenters. The van der Waals surface area contributed by atoms with Crippen LogP contribution in [-0.4, -0.2) is 19.3 Å². The number of imidazole rings is 1. The Morgan fingerprint density at radius 1 is 0.615 bits per heavy atom. The van der Waals surface area contributed by atoms with E-state index < -0.39 is 5.54 Å². The molecular weight excluding hydrogens is 978 g/mol. The van der Waals surface area contributed by atoms with E-state index in [-0.39, 0.29) is 21.1 Å². The Hall–Kier alpha value is -6.75. The van der Waals surface area contributed by atoms with Crippen LogP contribution in [0.25, 0.3) is 66.8 Å². The zero-order valence-electron chi connectivity index (χ0n) is 37.8. The molecule has 9 aromatic rings. The average molecular weight is 1030 g/mol. The maximum Gasteiger partial charge on any atom is 0.126 e. The van der Waals surface area contributed by atoms with Gasteiger partial charge in [0.25, 0.3) is 0 Å². The SMILES string of the molecule is Cc1cccc(C)c1-c1cc2[c-]c(c1)N1[CH-]N(C=C1c1ccccc1-c1ccccc1)C(C)(C)c1cc(-c3c(C)cccc3C)cc(n1)-c1[c-]c(c3ccn4c(C)c(C)nc4c3c1)O2.[Pt]. The first-order valence-electron chi connectivity index (χ1n) is 22.0. The monoisotopic (exact) mass is 1030 g/mol. The van der Waals surface area contributed by atoms with Crippen LogP contribution in [0.4, 0.5) is 5.69 Å². The minimum Gasteiger partial charge on any atom is -0.502 e. The topological polar surface area (TPSA) is 45.9 Å².